The molecule has 154 valence electrons. The van der Waals surface area contributed by atoms with Crippen molar-refractivity contribution in [1.29, 1.82) is 0 Å². The number of hydrogen-bond acceptors (Lipinski definition) is 5. The van der Waals surface area contributed by atoms with Gasteiger partial charge in [0, 0.05) is 24.6 Å². The van der Waals surface area contributed by atoms with E-state index in [4.69, 9.17) is 31.5 Å². The van der Waals surface area contributed by atoms with Crippen molar-refractivity contribution in [2.75, 3.05) is 33.9 Å². The Kier molecular flexibility index (Phi) is 6.49. The number of halogens is 1. The second-order valence-corrected chi connectivity index (χ2v) is 7.16. The van der Waals surface area contributed by atoms with E-state index in [-0.39, 0.29) is 35.0 Å². The zero-order valence-electron chi connectivity index (χ0n) is 16.3. The van der Waals surface area contributed by atoms with Gasteiger partial charge in [0.25, 0.3) is 11.8 Å². The smallest absolute Gasteiger partial charge is 0.255 e. The number of primary amides is 1. The highest BCUT2D eigenvalue weighted by molar-refractivity contribution is 6.32. The van der Waals surface area contributed by atoms with Crippen LogP contribution in [0.5, 0.6) is 17.2 Å². The van der Waals surface area contributed by atoms with Gasteiger partial charge in [0.2, 0.25) is 0 Å². The molecule has 0 saturated carbocycles. The van der Waals surface area contributed by atoms with Crippen molar-refractivity contribution < 1.29 is 23.8 Å². The minimum Gasteiger partial charge on any atom is -0.497 e. The van der Waals surface area contributed by atoms with Crippen molar-refractivity contribution in [3.05, 3.63) is 52.5 Å². The van der Waals surface area contributed by atoms with E-state index < -0.39 is 5.91 Å². The quantitative estimate of drug-likeness (QED) is 0.746. The van der Waals surface area contributed by atoms with Crippen LogP contribution >= 0.6 is 11.6 Å². The zero-order valence-corrected chi connectivity index (χ0v) is 17.1. The Morgan fingerprint density at radius 2 is 1.90 bits per heavy atom. The van der Waals surface area contributed by atoms with Gasteiger partial charge in [0.1, 0.15) is 5.75 Å². The maximum absolute atomic E-state index is 13.0. The van der Waals surface area contributed by atoms with Crippen LogP contribution in [0.15, 0.2) is 36.4 Å². The van der Waals surface area contributed by atoms with Crippen molar-refractivity contribution in [3.8, 4) is 17.2 Å². The highest BCUT2D eigenvalue weighted by Crippen LogP contribution is 2.37. The molecule has 7 nitrogen and oxygen atoms in total. The van der Waals surface area contributed by atoms with Crippen molar-refractivity contribution in [3.63, 3.8) is 0 Å². The number of carbonyl (C=O) groups excluding carboxylic acids is 2. The molecular formula is C21H23ClN2O5. The maximum atomic E-state index is 13.0. The van der Waals surface area contributed by atoms with E-state index in [1.807, 2.05) is 24.3 Å². The number of rotatable bonds is 7. The van der Waals surface area contributed by atoms with Crippen LogP contribution in [-0.4, -0.2) is 50.6 Å². The number of hydrogen-bond donors (Lipinski definition) is 1. The van der Waals surface area contributed by atoms with E-state index in [1.54, 1.807) is 18.1 Å². The molecule has 1 aliphatic heterocycles. The lowest BCUT2D eigenvalue weighted by Gasteiger charge is -2.19. The second-order valence-electron chi connectivity index (χ2n) is 6.75. The Morgan fingerprint density at radius 3 is 2.52 bits per heavy atom. The number of nitrogens with zero attached hydrogens (tertiary/aromatic N) is 1. The third-order valence-electron chi connectivity index (χ3n) is 4.90. The van der Waals surface area contributed by atoms with E-state index >= 15 is 0 Å². The Bertz CT molecular complexity index is 901. The summed E-state index contributed by atoms with van der Waals surface area (Å²) in [7, 11) is 3.07. The largest absolute Gasteiger partial charge is 0.497 e. The van der Waals surface area contributed by atoms with Crippen LogP contribution in [0.1, 0.15) is 28.3 Å². The average molecular weight is 419 g/mol. The number of likely N-dealkylation sites (tertiary alicyclic amines) is 1. The maximum Gasteiger partial charge on any atom is 0.255 e. The molecule has 3 rings (SSSR count). The summed E-state index contributed by atoms with van der Waals surface area (Å²) >= 11 is 6.26. The predicted molar refractivity (Wildman–Crippen MR) is 109 cm³/mol. The van der Waals surface area contributed by atoms with E-state index in [0.717, 1.165) is 12.2 Å². The van der Waals surface area contributed by atoms with Gasteiger partial charge in [-0.1, -0.05) is 23.7 Å². The molecule has 0 radical (unpaired) electrons. The molecule has 1 atom stereocenters. The first-order chi connectivity index (χ1) is 13.9. The molecule has 0 aromatic heterocycles. The molecule has 2 N–H and O–H groups in total. The van der Waals surface area contributed by atoms with Gasteiger partial charge in [-0.05, 0) is 36.2 Å². The fraction of sp³-hybridized carbons (Fsp3) is 0.333. The third kappa shape index (κ3) is 4.74. The summed E-state index contributed by atoms with van der Waals surface area (Å²) in [5.74, 6) is 0.753. The molecule has 8 heteroatoms. The highest BCUT2D eigenvalue weighted by atomic mass is 35.5. The van der Waals surface area contributed by atoms with Crippen LogP contribution in [0, 0.1) is 0 Å². The molecule has 1 fully saturated rings. The Hall–Kier alpha value is -2.93. The van der Waals surface area contributed by atoms with Crippen LogP contribution in [0.4, 0.5) is 0 Å². The number of carbonyl (C=O) groups is 2. The van der Waals surface area contributed by atoms with Crippen LogP contribution in [-0.2, 0) is 4.79 Å². The molecule has 1 heterocycles. The minimum atomic E-state index is -0.634. The molecule has 0 spiro atoms. The van der Waals surface area contributed by atoms with Gasteiger partial charge in [-0.15, -0.1) is 0 Å². The summed E-state index contributed by atoms with van der Waals surface area (Å²) in [6.45, 7) is 0.930. The SMILES string of the molecule is COc1ccc(C2CCN(C(=O)c3cc(Cl)c(OCC(N)=O)c(OC)c3)C2)cc1. The molecule has 2 aromatic carbocycles. The fourth-order valence-corrected chi connectivity index (χ4v) is 3.67. The number of ether oxygens (including phenoxy) is 3. The van der Waals surface area contributed by atoms with E-state index in [0.29, 0.717) is 18.7 Å². The zero-order chi connectivity index (χ0) is 21.0. The van der Waals surface area contributed by atoms with Crippen molar-refractivity contribution in [1.82, 2.24) is 4.90 Å². The molecule has 1 aliphatic rings. The van der Waals surface area contributed by atoms with Crippen molar-refractivity contribution >= 4 is 23.4 Å². The number of amides is 2. The topological polar surface area (TPSA) is 91.1 Å². The summed E-state index contributed by atoms with van der Waals surface area (Å²) in [6, 6.07) is 11.0. The molecule has 2 amide bonds. The summed E-state index contributed by atoms with van der Waals surface area (Å²) in [4.78, 5) is 25.8. The third-order valence-corrected chi connectivity index (χ3v) is 5.18. The number of benzene rings is 2. The molecule has 0 bridgehead atoms. The number of methoxy groups -OCH3 is 2. The molecule has 1 unspecified atom stereocenters. The van der Waals surface area contributed by atoms with Gasteiger partial charge in [0.05, 0.1) is 19.2 Å². The van der Waals surface area contributed by atoms with E-state index in [2.05, 4.69) is 0 Å². The Balaban J connectivity index is 1.74. The van der Waals surface area contributed by atoms with Crippen molar-refractivity contribution in [2.45, 2.75) is 12.3 Å². The first kappa shape index (κ1) is 20.8. The van der Waals surface area contributed by atoms with Gasteiger partial charge in [-0.3, -0.25) is 9.59 Å². The van der Waals surface area contributed by atoms with Gasteiger partial charge < -0.3 is 24.8 Å². The lowest BCUT2D eigenvalue weighted by atomic mass is 9.98. The summed E-state index contributed by atoms with van der Waals surface area (Å²) in [5, 5.41) is 0.180. The Labute approximate surface area is 174 Å². The summed E-state index contributed by atoms with van der Waals surface area (Å²) < 4.78 is 15.8. The van der Waals surface area contributed by atoms with Crippen molar-refractivity contribution in [2.24, 2.45) is 5.73 Å². The molecule has 29 heavy (non-hydrogen) atoms. The lowest BCUT2D eigenvalue weighted by Crippen LogP contribution is -2.28. The van der Waals surface area contributed by atoms with Crippen LogP contribution in [0.3, 0.4) is 0 Å². The second kappa shape index (κ2) is 9.05. The Morgan fingerprint density at radius 1 is 1.17 bits per heavy atom. The fourth-order valence-electron chi connectivity index (χ4n) is 3.40. The molecule has 2 aromatic rings. The normalized spacial score (nSPS) is 15.8. The van der Waals surface area contributed by atoms with Crippen LogP contribution < -0.4 is 19.9 Å². The number of nitrogens with two attached hydrogens (primary N) is 1. The van der Waals surface area contributed by atoms with Crippen LogP contribution in [0.2, 0.25) is 5.02 Å². The monoisotopic (exact) mass is 418 g/mol. The standard InChI is InChI=1S/C21H23ClN2O5/c1-27-16-5-3-13(4-6-16)14-7-8-24(11-14)21(26)15-9-17(22)20(18(10-15)28-2)29-12-19(23)25/h3-6,9-10,14H,7-8,11-12H2,1-2H3,(H2,23,25). The molecule has 1 saturated heterocycles. The highest BCUT2D eigenvalue weighted by Gasteiger charge is 2.29. The summed E-state index contributed by atoms with van der Waals surface area (Å²) in [6.07, 6.45) is 0.878. The first-order valence-electron chi connectivity index (χ1n) is 9.14. The van der Waals surface area contributed by atoms with E-state index in [9.17, 15) is 9.59 Å². The van der Waals surface area contributed by atoms with Crippen LogP contribution in [0.25, 0.3) is 0 Å². The average Bonchev–Trinajstić information content (AvgIpc) is 3.21. The predicted octanol–water partition coefficient (Wildman–Crippen LogP) is 2.85. The van der Waals surface area contributed by atoms with Gasteiger partial charge in [-0.2, -0.15) is 0 Å². The minimum absolute atomic E-state index is 0.136. The van der Waals surface area contributed by atoms with Gasteiger partial charge in [-0.25, -0.2) is 0 Å². The molecule has 0 aliphatic carbocycles. The van der Waals surface area contributed by atoms with Gasteiger partial charge >= 0.3 is 0 Å². The lowest BCUT2D eigenvalue weighted by molar-refractivity contribution is -0.119. The summed E-state index contributed by atoms with van der Waals surface area (Å²) in [5.41, 5.74) is 6.67. The van der Waals surface area contributed by atoms with E-state index in [1.165, 1.54) is 18.7 Å². The first-order valence-corrected chi connectivity index (χ1v) is 9.52. The van der Waals surface area contributed by atoms with Gasteiger partial charge in [0.15, 0.2) is 18.1 Å². The molecular weight excluding hydrogens is 396 g/mol.